The highest BCUT2D eigenvalue weighted by Crippen LogP contribution is 2.09. The molecule has 4 amide bonds. The second-order valence-corrected chi connectivity index (χ2v) is 5.69. The summed E-state index contributed by atoms with van der Waals surface area (Å²) in [5.41, 5.74) is 3.59. The summed E-state index contributed by atoms with van der Waals surface area (Å²) in [6, 6.07) is 15.3. The highest BCUT2D eigenvalue weighted by molar-refractivity contribution is 6.04. The van der Waals surface area contributed by atoms with E-state index in [1.54, 1.807) is 48.5 Å². The highest BCUT2D eigenvalue weighted by atomic mass is 16.5. The van der Waals surface area contributed by atoms with Crippen LogP contribution in [0, 0.1) is 0 Å². The molecule has 0 bridgehead atoms. The van der Waals surface area contributed by atoms with Crippen molar-refractivity contribution < 1.29 is 19.6 Å². The van der Waals surface area contributed by atoms with Crippen molar-refractivity contribution in [2.24, 2.45) is 0 Å². The number of rotatable bonds is 6. The van der Waals surface area contributed by atoms with Crippen LogP contribution in [0.4, 0.5) is 4.79 Å². The molecule has 0 aliphatic heterocycles. The third-order valence-electron chi connectivity index (χ3n) is 3.82. The van der Waals surface area contributed by atoms with Crippen LogP contribution in [-0.2, 0) is 11.3 Å². The monoisotopic (exact) mass is 367 g/mol. The maximum Gasteiger partial charge on any atom is 0.324 e. The lowest BCUT2D eigenvalue weighted by Gasteiger charge is -2.21. The molecule has 27 heavy (non-hydrogen) atoms. The van der Waals surface area contributed by atoms with Gasteiger partial charge in [0.2, 0.25) is 0 Å². The number of carbonyl (C=O) groups is 3. The molecule has 7 heteroatoms. The summed E-state index contributed by atoms with van der Waals surface area (Å²) in [7, 11) is 0. The molecule has 0 atom stereocenters. The second kappa shape index (κ2) is 9.88. The summed E-state index contributed by atoms with van der Waals surface area (Å²) >= 11 is 0. The van der Waals surface area contributed by atoms with Gasteiger partial charge < -0.3 is 4.90 Å². The molecular weight excluding hydrogens is 346 g/mol. The third kappa shape index (κ3) is 6.09. The van der Waals surface area contributed by atoms with Gasteiger partial charge in [-0.15, -0.1) is 0 Å². The first-order valence-electron chi connectivity index (χ1n) is 8.40. The minimum Gasteiger partial charge on any atom is -0.320 e. The molecule has 7 nitrogen and oxygen atoms in total. The zero-order valence-corrected chi connectivity index (χ0v) is 14.9. The van der Waals surface area contributed by atoms with E-state index in [0.717, 1.165) is 11.1 Å². The average molecular weight is 367 g/mol. The van der Waals surface area contributed by atoms with Crippen molar-refractivity contribution >= 4 is 23.9 Å². The van der Waals surface area contributed by atoms with Crippen LogP contribution < -0.4 is 10.8 Å². The zero-order chi connectivity index (χ0) is 19.6. The fourth-order valence-corrected chi connectivity index (χ4v) is 2.33. The lowest BCUT2D eigenvalue weighted by molar-refractivity contribution is -0.124. The van der Waals surface area contributed by atoms with Crippen LogP contribution in [0.3, 0.4) is 0 Å². The predicted molar refractivity (Wildman–Crippen MR) is 101 cm³/mol. The molecule has 0 radical (unpaired) electrons. The number of imide groups is 1. The van der Waals surface area contributed by atoms with Crippen molar-refractivity contribution in [1.82, 2.24) is 15.7 Å². The molecule has 2 aromatic carbocycles. The van der Waals surface area contributed by atoms with E-state index >= 15 is 0 Å². The number of urea groups is 1. The first-order chi connectivity index (χ1) is 13.0. The normalized spacial score (nSPS) is 10.4. The molecule has 3 N–H and O–H groups in total. The van der Waals surface area contributed by atoms with E-state index in [9.17, 15) is 14.4 Å². The Labute approximate surface area is 157 Å². The molecule has 0 fully saturated rings. The highest BCUT2D eigenvalue weighted by Gasteiger charge is 2.16. The second-order valence-electron chi connectivity index (χ2n) is 5.69. The van der Waals surface area contributed by atoms with Gasteiger partial charge in [0, 0.05) is 24.7 Å². The lowest BCUT2D eigenvalue weighted by Crippen LogP contribution is -2.42. The minimum absolute atomic E-state index is 0.339. The lowest BCUT2D eigenvalue weighted by atomic mass is 10.1. The molecule has 0 aromatic heterocycles. The molecule has 2 rings (SSSR count). The fourth-order valence-electron chi connectivity index (χ4n) is 2.33. The van der Waals surface area contributed by atoms with Crippen LogP contribution in [-0.4, -0.2) is 34.5 Å². The van der Waals surface area contributed by atoms with E-state index in [1.165, 1.54) is 16.5 Å². The van der Waals surface area contributed by atoms with Gasteiger partial charge in [-0.1, -0.05) is 42.5 Å². The van der Waals surface area contributed by atoms with Gasteiger partial charge in [-0.2, -0.15) is 0 Å². The van der Waals surface area contributed by atoms with E-state index in [0.29, 0.717) is 18.7 Å². The smallest absolute Gasteiger partial charge is 0.320 e. The Morgan fingerprint density at radius 3 is 2.30 bits per heavy atom. The van der Waals surface area contributed by atoms with Gasteiger partial charge in [0.1, 0.15) is 0 Å². The number of nitrogens with one attached hydrogen (secondary N) is 2. The summed E-state index contributed by atoms with van der Waals surface area (Å²) in [4.78, 5) is 37.0. The Kier molecular flexibility index (Phi) is 7.27. The van der Waals surface area contributed by atoms with Crippen molar-refractivity contribution in [2.75, 3.05) is 6.54 Å². The summed E-state index contributed by atoms with van der Waals surface area (Å²) < 4.78 is 0. The first-order valence-corrected chi connectivity index (χ1v) is 8.40. The molecule has 0 saturated carbocycles. The van der Waals surface area contributed by atoms with E-state index in [4.69, 9.17) is 5.21 Å². The van der Waals surface area contributed by atoms with Crippen LogP contribution in [0.2, 0.25) is 0 Å². The average Bonchev–Trinajstić information content (AvgIpc) is 2.71. The first kappa shape index (κ1) is 19.9. The number of carbonyl (C=O) groups excluding carboxylic acids is 3. The van der Waals surface area contributed by atoms with Crippen LogP contribution in [0.15, 0.2) is 60.7 Å². The van der Waals surface area contributed by atoms with Crippen LogP contribution in [0.25, 0.3) is 6.08 Å². The Bertz CT molecular complexity index is 817. The number of hydrogen-bond donors (Lipinski definition) is 3. The largest absolute Gasteiger partial charge is 0.324 e. The van der Waals surface area contributed by atoms with Crippen molar-refractivity contribution in [3.05, 3.63) is 77.4 Å². The summed E-state index contributed by atoms with van der Waals surface area (Å²) in [6.45, 7) is 2.61. The van der Waals surface area contributed by atoms with Gasteiger partial charge in [0.05, 0.1) is 0 Å². The molecule has 0 unspecified atom stereocenters. The van der Waals surface area contributed by atoms with Crippen molar-refractivity contribution in [1.29, 1.82) is 0 Å². The standard InChI is InChI=1S/C20H21N3O4/c1-2-23(20(26)21-19(25)17-6-4-3-5-7-17)14-16-10-8-15(9-11-16)12-13-18(24)22-27/h3-13,27H,2,14H2,1H3,(H,22,24)(H,21,25,26)/b13-12+. The minimum atomic E-state index is -0.615. The van der Waals surface area contributed by atoms with Gasteiger partial charge in [0.25, 0.3) is 11.8 Å². The van der Waals surface area contributed by atoms with E-state index in [-0.39, 0.29) is 0 Å². The summed E-state index contributed by atoms with van der Waals surface area (Å²) in [5, 5.41) is 10.8. The fraction of sp³-hybridized carbons (Fsp3) is 0.150. The van der Waals surface area contributed by atoms with Gasteiger partial charge in [-0.25, -0.2) is 10.3 Å². The van der Waals surface area contributed by atoms with Gasteiger partial charge >= 0.3 is 6.03 Å². The van der Waals surface area contributed by atoms with Crippen molar-refractivity contribution in [3.63, 3.8) is 0 Å². The van der Waals surface area contributed by atoms with Crippen molar-refractivity contribution in [3.8, 4) is 0 Å². The van der Waals surface area contributed by atoms with E-state index < -0.39 is 17.8 Å². The molecule has 0 aliphatic carbocycles. The number of nitrogens with zero attached hydrogens (tertiary/aromatic N) is 1. The summed E-state index contributed by atoms with van der Waals surface area (Å²) in [5.74, 6) is -1.06. The summed E-state index contributed by atoms with van der Waals surface area (Å²) in [6.07, 6.45) is 2.76. The quantitative estimate of drug-likeness (QED) is 0.415. The van der Waals surface area contributed by atoms with Crippen molar-refractivity contribution in [2.45, 2.75) is 13.5 Å². The third-order valence-corrected chi connectivity index (χ3v) is 3.82. The maximum absolute atomic E-state index is 12.4. The Morgan fingerprint density at radius 2 is 1.70 bits per heavy atom. The number of hydrogen-bond acceptors (Lipinski definition) is 4. The SMILES string of the molecule is CCN(Cc1ccc(/C=C/C(=O)NO)cc1)C(=O)NC(=O)c1ccccc1. The van der Waals surface area contributed by atoms with Crippen LogP contribution >= 0.6 is 0 Å². The molecule has 140 valence electrons. The number of hydroxylamine groups is 1. The Morgan fingerprint density at radius 1 is 1.04 bits per heavy atom. The van der Waals surface area contributed by atoms with Gasteiger partial charge in [0.15, 0.2) is 0 Å². The van der Waals surface area contributed by atoms with Gasteiger partial charge in [-0.3, -0.25) is 20.1 Å². The maximum atomic E-state index is 12.4. The predicted octanol–water partition coefficient (Wildman–Crippen LogP) is 2.58. The topological polar surface area (TPSA) is 98.7 Å². The Balaban J connectivity index is 1.97. The van der Waals surface area contributed by atoms with Crippen LogP contribution in [0.1, 0.15) is 28.4 Å². The molecular formula is C20H21N3O4. The van der Waals surface area contributed by atoms with Gasteiger partial charge in [-0.05, 0) is 36.3 Å². The van der Waals surface area contributed by atoms with E-state index in [2.05, 4.69) is 5.32 Å². The zero-order valence-electron chi connectivity index (χ0n) is 14.9. The molecule has 0 aliphatic rings. The molecule has 0 spiro atoms. The molecule has 0 saturated heterocycles. The molecule has 0 heterocycles. The van der Waals surface area contributed by atoms with E-state index in [1.807, 2.05) is 19.1 Å². The number of benzene rings is 2. The number of amides is 4. The van der Waals surface area contributed by atoms with Crippen LogP contribution in [0.5, 0.6) is 0 Å². The molecule has 2 aromatic rings. The Hall–Kier alpha value is -3.45.